The molecule has 0 aliphatic carbocycles. The van der Waals surface area contributed by atoms with Crippen LogP contribution in [0.25, 0.3) is 0 Å². The van der Waals surface area contributed by atoms with Crippen molar-refractivity contribution in [1.82, 2.24) is 24.9 Å². The highest BCUT2D eigenvalue weighted by atomic mass is 16.2. The van der Waals surface area contributed by atoms with Gasteiger partial charge in [0.1, 0.15) is 0 Å². The zero-order valence-electron chi connectivity index (χ0n) is 19.3. The van der Waals surface area contributed by atoms with Crippen LogP contribution in [0.3, 0.4) is 0 Å². The Kier molecular flexibility index (Phi) is 9.34. The van der Waals surface area contributed by atoms with Crippen molar-refractivity contribution in [1.29, 1.82) is 0 Å². The lowest BCUT2D eigenvalue weighted by atomic mass is 10.2. The van der Waals surface area contributed by atoms with Gasteiger partial charge >= 0.3 is 6.03 Å². The fourth-order valence-corrected chi connectivity index (χ4v) is 4.27. The molecule has 1 aromatic rings. The Morgan fingerprint density at radius 1 is 0.844 bits per heavy atom. The number of amides is 4. The highest BCUT2D eigenvalue weighted by molar-refractivity contribution is 5.79. The maximum absolute atomic E-state index is 12.6. The van der Waals surface area contributed by atoms with E-state index >= 15 is 0 Å². The van der Waals surface area contributed by atoms with E-state index in [4.69, 9.17) is 0 Å². The first-order chi connectivity index (χ1) is 15.5. The SMILES string of the molecule is CN(Cc1ccccc1)C(=O)NCCC(=O)N1CCN(CC(=O)N2CCCCCC2)CC1. The first-order valence-corrected chi connectivity index (χ1v) is 11.8. The van der Waals surface area contributed by atoms with Crippen LogP contribution in [-0.2, 0) is 16.1 Å². The Labute approximate surface area is 191 Å². The van der Waals surface area contributed by atoms with E-state index in [-0.39, 0.29) is 24.3 Å². The van der Waals surface area contributed by atoms with E-state index in [1.54, 1.807) is 11.9 Å². The van der Waals surface area contributed by atoms with Crippen LogP contribution in [0.1, 0.15) is 37.7 Å². The first kappa shape index (κ1) is 24.0. The number of hydrogen-bond acceptors (Lipinski definition) is 4. The number of piperazine rings is 1. The van der Waals surface area contributed by atoms with Gasteiger partial charge in [-0.1, -0.05) is 43.2 Å². The number of nitrogens with one attached hydrogen (secondary N) is 1. The van der Waals surface area contributed by atoms with Crippen LogP contribution in [0.2, 0.25) is 0 Å². The molecule has 2 saturated heterocycles. The van der Waals surface area contributed by atoms with E-state index in [0.717, 1.165) is 44.6 Å². The maximum atomic E-state index is 12.6. The van der Waals surface area contributed by atoms with Gasteiger partial charge in [0.15, 0.2) is 0 Å². The topological polar surface area (TPSA) is 76.2 Å². The van der Waals surface area contributed by atoms with Gasteiger partial charge in [0.25, 0.3) is 0 Å². The summed E-state index contributed by atoms with van der Waals surface area (Å²) < 4.78 is 0. The maximum Gasteiger partial charge on any atom is 0.317 e. The van der Waals surface area contributed by atoms with Gasteiger partial charge in [-0.2, -0.15) is 0 Å². The van der Waals surface area contributed by atoms with Gasteiger partial charge < -0.3 is 20.0 Å². The minimum absolute atomic E-state index is 0.0505. The molecule has 0 aromatic heterocycles. The van der Waals surface area contributed by atoms with Crippen molar-refractivity contribution < 1.29 is 14.4 Å². The van der Waals surface area contributed by atoms with Gasteiger partial charge in [-0.05, 0) is 18.4 Å². The standard InChI is InChI=1S/C24H37N5O3/c1-26(19-21-9-5-4-6-10-21)24(32)25-12-11-22(30)29-17-15-27(16-18-29)20-23(31)28-13-7-2-3-8-14-28/h4-6,9-10H,2-3,7-8,11-20H2,1H3,(H,25,32). The molecule has 0 radical (unpaired) electrons. The molecule has 176 valence electrons. The minimum Gasteiger partial charge on any atom is -0.342 e. The average Bonchev–Trinajstić information content (AvgIpc) is 3.10. The van der Waals surface area contributed by atoms with Crippen molar-refractivity contribution in [2.24, 2.45) is 0 Å². The number of urea groups is 1. The molecule has 4 amide bonds. The number of carbonyl (C=O) groups excluding carboxylic acids is 3. The zero-order valence-corrected chi connectivity index (χ0v) is 19.3. The molecule has 0 atom stereocenters. The molecule has 8 heteroatoms. The molecule has 2 heterocycles. The molecular formula is C24H37N5O3. The highest BCUT2D eigenvalue weighted by Crippen LogP contribution is 2.11. The number of nitrogens with zero attached hydrogens (tertiary/aromatic N) is 4. The second-order valence-electron chi connectivity index (χ2n) is 8.78. The molecule has 0 spiro atoms. The molecule has 2 aliphatic rings. The summed E-state index contributed by atoms with van der Waals surface area (Å²) in [6, 6.07) is 9.62. The zero-order chi connectivity index (χ0) is 22.8. The quantitative estimate of drug-likeness (QED) is 0.697. The van der Waals surface area contributed by atoms with E-state index in [1.807, 2.05) is 40.1 Å². The van der Waals surface area contributed by atoms with E-state index < -0.39 is 0 Å². The molecule has 8 nitrogen and oxygen atoms in total. The highest BCUT2D eigenvalue weighted by Gasteiger charge is 2.24. The third kappa shape index (κ3) is 7.51. The molecule has 2 aliphatic heterocycles. The van der Waals surface area contributed by atoms with E-state index in [2.05, 4.69) is 10.2 Å². The Morgan fingerprint density at radius 2 is 1.47 bits per heavy atom. The number of likely N-dealkylation sites (tertiary alicyclic amines) is 1. The van der Waals surface area contributed by atoms with Crippen molar-refractivity contribution in [2.45, 2.75) is 38.6 Å². The third-order valence-electron chi connectivity index (χ3n) is 6.27. The first-order valence-electron chi connectivity index (χ1n) is 11.8. The van der Waals surface area contributed by atoms with Crippen molar-refractivity contribution in [3.05, 3.63) is 35.9 Å². The second-order valence-corrected chi connectivity index (χ2v) is 8.78. The lowest BCUT2D eigenvalue weighted by Gasteiger charge is -2.35. The summed E-state index contributed by atoms with van der Waals surface area (Å²) in [5, 5.41) is 2.83. The Bertz CT molecular complexity index is 741. The molecule has 32 heavy (non-hydrogen) atoms. The molecular weight excluding hydrogens is 406 g/mol. The van der Waals surface area contributed by atoms with Crippen molar-refractivity contribution in [3.63, 3.8) is 0 Å². The van der Waals surface area contributed by atoms with Gasteiger partial charge in [-0.25, -0.2) is 4.79 Å². The normalized spacial score (nSPS) is 17.5. The Morgan fingerprint density at radius 3 is 2.12 bits per heavy atom. The van der Waals surface area contributed by atoms with Crippen LogP contribution in [0.4, 0.5) is 4.79 Å². The summed E-state index contributed by atoms with van der Waals surface area (Å²) in [6.07, 6.45) is 4.93. The van der Waals surface area contributed by atoms with Crippen LogP contribution in [-0.4, -0.2) is 96.9 Å². The number of benzene rings is 1. The third-order valence-corrected chi connectivity index (χ3v) is 6.27. The van der Waals surface area contributed by atoms with Gasteiger partial charge in [-0.3, -0.25) is 14.5 Å². The number of hydrogen-bond donors (Lipinski definition) is 1. The van der Waals surface area contributed by atoms with Crippen LogP contribution >= 0.6 is 0 Å². The summed E-state index contributed by atoms with van der Waals surface area (Å²) in [4.78, 5) is 44.9. The predicted octanol–water partition coefficient (Wildman–Crippen LogP) is 1.76. The summed E-state index contributed by atoms with van der Waals surface area (Å²) in [5.74, 6) is 0.267. The van der Waals surface area contributed by atoms with Gasteiger partial charge in [0.2, 0.25) is 11.8 Å². The second kappa shape index (κ2) is 12.4. The van der Waals surface area contributed by atoms with Gasteiger partial charge in [-0.15, -0.1) is 0 Å². The largest absolute Gasteiger partial charge is 0.342 e. The number of rotatable bonds is 7. The fourth-order valence-electron chi connectivity index (χ4n) is 4.27. The van der Waals surface area contributed by atoms with Crippen molar-refractivity contribution in [2.75, 3.05) is 59.4 Å². The molecule has 1 aromatic carbocycles. The minimum atomic E-state index is -0.182. The lowest BCUT2D eigenvalue weighted by Crippen LogP contribution is -2.52. The van der Waals surface area contributed by atoms with E-state index in [9.17, 15) is 14.4 Å². The van der Waals surface area contributed by atoms with Crippen LogP contribution in [0, 0.1) is 0 Å². The summed E-state index contributed by atoms with van der Waals surface area (Å²) in [6.45, 7) is 5.76. The average molecular weight is 444 g/mol. The van der Waals surface area contributed by atoms with Crippen molar-refractivity contribution >= 4 is 17.8 Å². The smallest absolute Gasteiger partial charge is 0.317 e. The molecule has 0 bridgehead atoms. The fraction of sp³-hybridized carbons (Fsp3) is 0.625. The lowest BCUT2D eigenvalue weighted by molar-refractivity contribution is -0.135. The predicted molar refractivity (Wildman–Crippen MR) is 124 cm³/mol. The van der Waals surface area contributed by atoms with E-state index in [1.165, 1.54) is 12.8 Å². The molecule has 0 unspecified atom stereocenters. The summed E-state index contributed by atoms with van der Waals surface area (Å²) in [5.41, 5.74) is 1.06. The molecule has 3 rings (SSSR count). The monoisotopic (exact) mass is 443 g/mol. The summed E-state index contributed by atoms with van der Waals surface area (Å²) >= 11 is 0. The number of carbonyl (C=O) groups is 3. The molecule has 1 N–H and O–H groups in total. The molecule has 2 fully saturated rings. The van der Waals surface area contributed by atoms with Gasteiger partial charge in [0.05, 0.1) is 6.54 Å². The van der Waals surface area contributed by atoms with Gasteiger partial charge in [0, 0.05) is 65.8 Å². The Hall–Kier alpha value is -2.61. The van der Waals surface area contributed by atoms with Crippen LogP contribution in [0.15, 0.2) is 30.3 Å². The van der Waals surface area contributed by atoms with Crippen LogP contribution < -0.4 is 5.32 Å². The van der Waals surface area contributed by atoms with E-state index in [0.29, 0.717) is 32.7 Å². The summed E-state index contributed by atoms with van der Waals surface area (Å²) in [7, 11) is 1.75. The molecule has 0 saturated carbocycles. The Balaban J connectivity index is 1.31. The van der Waals surface area contributed by atoms with Crippen molar-refractivity contribution in [3.8, 4) is 0 Å². The van der Waals surface area contributed by atoms with Crippen LogP contribution in [0.5, 0.6) is 0 Å².